The number of carbonyl (C=O) groups is 2. The smallest absolute Gasteiger partial charge is 0.401 e. The summed E-state index contributed by atoms with van der Waals surface area (Å²) in [5.41, 5.74) is -1.61. The number of halogens is 5. The van der Waals surface area contributed by atoms with E-state index in [9.17, 15) is 27.9 Å². The molecule has 1 amide bonds. The van der Waals surface area contributed by atoms with E-state index in [4.69, 9.17) is 9.47 Å². The van der Waals surface area contributed by atoms with E-state index in [0.717, 1.165) is 18.2 Å². The maximum Gasteiger partial charge on any atom is 0.401 e. The van der Waals surface area contributed by atoms with Crippen molar-refractivity contribution in [1.29, 1.82) is 0 Å². The average molecular weight is 722 g/mol. The van der Waals surface area contributed by atoms with Crippen molar-refractivity contribution >= 4 is 23.5 Å². The number of nitrogens with one attached hydrogen (secondary N) is 1. The number of ether oxygens (including phenoxy) is 2. The second kappa shape index (κ2) is 13.1. The van der Waals surface area contributed by atoms with E-state index >= 15 is 8.78 Å². The van der Waals surface area contributed by atoms with E-state index in [2.05, 4.69) is 22.2 Å². The monoisotopic (exact) mass is 721 g/mol. The van der Waals surface area contributed by atoms with Crippen LogP contribution >= 0.6 is 0 Å². The number of benzene rings is 1. The average Bonchev–Trinajstić information content (AvgIpc) is 3.50. The first-order valence-electron chi connectivity index (χ1n) is 17.8. The fourth-order valence-corrected chi connectivity index (χ4v) is 9.40. The largest absolute Gasteiger partial charge is 0.490 e. The summed E-state index contributed by atoms with van der Waals surface area (Å²) in [6, 6.07) is 5.49. The maximum absolute atomic E-state index is 15.3. The topological polar surface area (TPSA) is 117 Å². The summed E-state index contributed by atoms with van der Waals surface area (Å²) in [6.45, 7) is 3.67. The summed E-state index contributed by atoms with van der Waals surface area (Å²) < 4.78 is 81.2. The normalized spacial score (nSPS) is 28.1. The molecule has 4 fully saturated rings. The first kappa shape index (κ1) is 35.8. The van der Waals surface area contributed by atoms with E-state index in [1.165, 1.54) is 4.90 Å². The number of carboxylic acid groups (broad SMARTS) is 1. The van der Waals surface area contributed by atoms with Gasteiger partial charge in [0.25, 0.3) is 11.8 Å². The van der Waals surface area contributed by atoms with Crippen molar-refractivity contribution in [3.8, 4) is 5.75 Å². The number of piperidine rings is 1. The number of carboxylic acids is 1. The van der Waals surface area contributed by atoms with Crippen LogP contribution in [0.4, 0.5) is 33.6 Å². The van der Waals surface area contributed by atoms with Crippen molar-refractivity contribution in [1.82, 2.24) is 20.2 Å². The van der Waals surface area contributed by atoms with Gasteiger partial charge in [-0.25, -0.2) is 14.8 Å². The zero-order valence-corrected chi connectivity index (χ0v) is 28.8. The number of hydrogen-bond acceptors (Lipinski definition) is 8. The number of carbonyl (C=O) groups excluding carboxylic acids is 1. The third kappa shape index (κ3) is 6.99. The molecule has 51 heavy (non-hydrogen) atoms. The lowest BCUT2D eigenvalue weighted by atomic mass is 9.76. The molecular formula is C36H44F5N5O5. The minimum Gasteiger partial charge on any atom is -0.490 e. The number of alkyl halides is 5. The van der Waals surface area contributed by atoms with E-state index < -0.39 is 52.7 Å². The van der Waals surface area contributed by atoms with Crippen LogP contribution in [0, 0.1) is 17.8 Å². The van der Waals surface area contributed by atoms with E-state index in [0.29, 0.717) is 82.6 Å². The van der Waals surface area contributed by atoms with Gasteiger partial charge >= 0.3 is 12.1 Å². The van der Waals surface area contributed by atoms with E-state index in [-0.39, 0.29) is 43.4 Å². The zero-order chi connectivity index (χ0) is 36.3. The van der Waals surface area contributed by atoms with Crippen LogP contribution < -0.4 is 15.0 Å². The number of fused-ring (bicyclic) bond motifs is 4. The molecular weight excluding hydrogens is 677 g/mol. The molecule has 1 aromatic heterocycles. The van der Waals surface area contributed by atoms with Crippen molar-refractivity contribution in [3.63, 3.8) is 0 Å². The summed E-state index contributed by atoms with van der Waals surface area (Å²) in [6.07, 6.45) is 1.17. The third-order valence-electron chi connectivity index (χ3n) is 11.7. The molecule has 15 heteroatoms. The molecule has 4 unspecified atom stereocenters. The van der Waals surface area contributed by atoms with E-state index in [1.54, 1.807) is 11.0 Å². The van der Waals surface area contributed by atoms with Gasteiger partial charge in [-0.2, -0.15) is 22.0 Å². The Balaban J connectivity index is 1.15. The van der Waals surface area contributed by atoms with Gasteiger partial charge in [0.1, 0.15) is 23.1 Å². The van der Waals surface area contributed by atoms with Gasteiger partial charge in [-0.15, -0.1) is 0 Å². The molecule has 3 aliphatic heterocycles. The predicted octanol–water partition coefficient (Wildman–Crippen LogP) is 6.20. The number of rotatable bonds is 8. The number of anilines is 2. The molecule has 0 radical (unpaired) electrons. The number of amides is 1. The lowest BCUT2D eigenvalue weighted by Crippen LogP contribution is -2.57. The van der Waals surface area contributed by atoms with Gasteiger partial charge < -0.3 is 24.8 Å². The summed E-state index contributed by atoms with van der Waals surface area (Å²) in [5.74, 6) is -4.95. The highest BCUT2D eigenvalue weighted by Gasteiger charge is 2.56. The number of aromatic nitrogens is 2. The molecule has 5 aliphatic rings. The van der Waals surface area contributed by atoms with Crippen molar-refractivity contribution in [2.45, 2.75) is 94.4 Å². The Morgan fingerprint density at radius 2 is 1.82 bits per heavy atom. The Kier molecular flexibility index (Phi) is 9.21. The molecule has 1 aromatic carbocycles. The highest BCUT2D eigenvalue weighted by molar-refractivity contribution is 5.99. The molecule has 2 saturated heterocycles. The Morgan fingerprint density at radius 1 is 1.10 bits per heavy atom. The molecule has 10 nitrogen and oxygen atoms in total. The minimum atomic E-state index is -4.25. The molecule has 2 N–H and O–H groups in total. The Morgan fingerprint density at radius 3 is 2.49 bits per heavy atom. The van der Waals surface area contributed by atoms with Gasteiger partial charge in [0.05, 0.1) is 12.1 Å². The highest BCUT2D eigenvalue weighted by atomic mass is 19.4. The van der Waals surface area contributed by atoms with E-state index in [1.807, 2.05) is 12.1 Å². The summed E-state index contributed by atoms with van der Waals surface area (Å²) in [4.78, 5) is 38.2. The van der Waals surface area contributed by atoms with Gasteiger partial charge in [0, 0.05) is 57.1 Å². The predicted molar refractivity (Wildman–Crippen MR) is 175 cm³/mol. The molecule has 4 heterocycles. The summed E-state index contributed by atoms with van der Waals surface area (Å²) >= 11 is 0. The van der Waals surface area contributed by atoms with Gasteiger partial charge in [-0.05, 0) is 92.9 Å². The van der Waals surface area contributed by atoms with Crippen molar-refractivity contribution < 1.29 is 46.1 Å². The fourth-order valence-electron chi connectivity index (χ4n) is 9.40. The molecule has 1 spiro atoms. The Hall–Kier alpha value is -3.59. The molecule has 2 bridgehead atoms. The lowest BCUT2D eigenvalue weighted by Gasteiger charge is -2.35. The Labute approximate surface area is 293 Å². The third-order valence-corrected chi connectivity index (χ3v) is 11.7. The van der Waals surface area contributed by atoms with Gasteiger partial charge in [-0.1, -0.05) is 6.92 Å². The van der Waals surface area contributed by atoms with Gasteiger partial charge in [0.15, 0.2) is 0 Å². The number of hydrogen-bond donors (Lipinski definition) is 2. The first-order chi connectivity index (χ1) is 24.1. The van der Waals surface area contributed by atoms with Crippen LogP contribution in [-0.4, -0.2) is 89.1 Å². The number of likely N-dealkylation sites (tertiary alicyclic amines) is 1. The number of aliphatic carboxylic acids is 1. The lowest BCUT2D eigenvalue weighted by molar-refractivity contribution is -0.149. The van der Waals surface area contributed by atoms with Crippen LogP contribution in [0.1, 0.15) is 86.8 Å². The molecule has 2 saturated carbocycles. The zero-order valence-electron chi connectivity index (χ0n) is 28.8. The maximum atomic E-state index is 15.3. The van der Waals surface area contributed by atoms with Gasteiger partial charge in [0.2, 0.25) is 5.95 Å². The SMILES string of the molecule is CC1CC2CC(C1)C(NC(=O)c1cnc(N3CC4(CCOCC4)c4cc(OC5CCN(CC(F)(F)F)CC5)ccc43)nc1C(C)(F)F)(C(=O)O)C2. The second-order valence-electron chi connectivity index (χ2n) is 15.5. The molecule has 278 valence electrons. The standard InChI is InChI=1S/C36H44F5N5O5/c1-21-13-22-15-23(14-21)35(17-22,31(48)49)44-30(47)26-18-42-32(43-29(26)33(2,37)38)46-19-34(7-11-50-12-8-34)27-16-25(3-4-28(27)46)51-24-5-9-45(10-6-24)20-36(39,40)41/h3-4,16,18,21-24H,5-15,17,19-20H2,1-2H3,(H,44,47)(H,48,49). The molecule has 2 aliphatic carbocycles. The van der Waals surface area contributed by atoms with Crippen LogP contribution in [-0.2, 0) is 20.9 Å². The summed E-state index contributed by atoms with van der Waals surface area (Å²) in [5, 5.41) is 13.0. The van der Waals surface area contributed by atoms with Crippen LogP contribution in [0.15, 0.2) is 24.4 Å². The van der Waals surface area contributed by atoms with Crippen LogP contribution in [0.2, 0.25) is 0 Å². The van der Waals surface area contributed by atoms with Gasteiger partial charge in [-0.3, -0.25) is 9.69 Å². The number of nitrogens with zero attached hydrogens (tertiary/aromatic N) is 4. The quantitative estimate of drug-likeness (QED) is 0.308. The molecule has 2 aromatic rings. The first-order valence-corrected chi connectivity index (χ1v) is 17.8. The van der Waals surface area contributed by atoms with Crippen LogP contribution in [0.25, 0.3) is 0 Å². The fraction of sp³-hybridized carbons (Fsp3) is 0.667. The minimum absolute atomic E-state index is 0.0168. The van der Waals surface area contributed by atoms with Crippen LogP contribution in [0.5, 0.6) is 5.75 Å². The van der Waals surface area contributed by atoms with Crippen LogP contribution in [0.3, 0.4) is 0 Å². The molecule has 4 atom stereocenters. The van der Waals surface area contributed by atoms with Crippen molar-refractivity contribution in [2.24, 2.45) is 17.8 Å². The molecule has 7 rings (SSSR count). The summed E-state index contributed by atoms with van der Waals surface area (Å²) in [7, 11) is 0. The van der Waals surface area contributed by atoms with Crippen molar-refractivity contribution in [3.05, 3.63) is 41.2 Å². The van der Waals surface area contributed by atoms with Crippen molar-refractivity contribution in [2.75, 3.05) is 44.3 Å². The highest BCUT2D eigenvalue weighted by Crippen LogP contribution is 2.52. The second-order valence-corrected chi connectivity index (χ2v) is 15.5. The Bertz CT molecular complexity index is 1660.